The molecule has 5 heavy (non-hydrogen) atoms. The third-order valence-corrected chi connectivity index (χ3v) is 0.0913. The van der Waals surface area contributed by atoms with Gasteiger partial charge in [0, 0.05) is 32.3 Å². The van der Waals surface area contributed by atoms with Crippen molar-refractivity contribution in [2.75, 3.05) is 0 Å². The SMILES string of the molecule is C=CC#N.[Bi]. The molecule has 0 unspecified atom stereocenters. The van der Waals surface area contributed by atoms with Crippen molar-refractivity contribution >= 4 is 26.2 Å². The molecule has 0 bridgehead atoms. The van der Waals surface area contributed by atoms with E-state index in [-0.39, 0.29) is 26.2 Å². The quantitative estimate of drug-likeness (QED) is 0.455. The molecule has 0 atom stereocenters. The summed E-state index contributed by atoms with van der Waals surface area (Å²) < 4.78 is 0. The van der Waals surface area contributed by atoms with Gasteiger partial charge in [-0.05, 0) is 0 Å². The molecule has 3 radical (unpaired) electrons. The van der Waals surface area contributed by atoms with Crippen LogP contribution in [0.4, 0.5) is 0 Å². The average molecular weight is 262 g/mol. The van der Waals surface area contributed by atoms with Crippen LogP contribution in [-0.4, -0.2) is 26.2 Å². The fourth-order valence-electron chi connectivity index (χ4n) is 0. The maximum absolute atomic E-state index is 7.51. The predicted molar refractivity (Wildman–Crippen MR) is 21.6 cm³/mol. The number of allylic oxidation sites excluding steroid dienone is 1. The van der Waals surface area contributed by atoms with E-state index in [2.05, 4.69) is 6.58 Å². The largest absolute Gasteiger partial charge is 0.193 e. The van der Waals surface area contributed by atoms with E-state index in [1.165, 1.54) is 6.08 Å². The van der Waals surface area contributed by atoms with Crippen LogP contribution < -0.4 is 0 Å². The Labute approximate surface area is 50.4 Å². The van der Waals surface area contributed by atoms with E-state index in [0.717, 1.165) is 0 Å². The van der Waals surface area contributed by atoms with Crippen LogP contribution in [0.15, 0.2) is 12.7 Å². The maximum atomic E-state index is 7.51. The van der Waals surface area contributed by atoms with Gasteiger partial charge >= 0.3 is 0 Å². The van der Waals surface area contributed by atoms with Crippen LogP contribution >= 0.6 is 0 Å². The molecule has 0 spiro atoms. The second kappa shape index (κ2) is 8.93. The fourth-order valence-corrected chi connectivity index (χ4v) is 0. The molecule has 0 fully saturated rings. The number of nitriles is 1. The molecule has 0 aliphatic rings. The van der Waals surface area contributed by atoms with E-state index in [1.54, 1.807) is 6.07 Å². The Balaban J connectivity index is 0. The second-order valence-electron chi connectivity index (χ2n) is 0.333. The third kappa shape index (κ3) is 14.8. The summed E-state index contributed by atoms with van der Waals surface area (Å²) in [7, 11) is 0. The smallest absolute Gasteiger partial charge is 0.0905 e. The molecular weight excluding hydrogens is 259 g/mol. The van der Waals surface area contributed by atoms with E-state index in [1.807, 2.05) is 0 Å². The molecule has 0 saturated heterocycles. The first kappa shape index (κ1) is 8.93. The summed E-state index contributed by atoms with van der Waals surface area (Å²) in [5.74, 6) is 0. The Morgan fingerprint density at radius 2 is 2.00 bits per heavy atom. The molecule has 0 aliphatic carbocycles. The van der Waals surface area contributed by atoms with Gasteiger partial charge in [-0.2, -0.15) is 5.26 Å². The molecular formula is C3H3BiN. The topological polar surface area (TPSA) is 23.8 Å². The molecule has 0 aromatic rings. The Morgan fingerprint density at radius 1 is 1.80 bits per heavy atom. The molecule has 0 N–H and O–H groups in total. The number of rotatable bonds is 0. The molecule has 1 nitrogen and oxygen atoms in total. The van der Waals surface area contributed by atoms with Crippen molar-refractivity contribution in [1.82, 2.24) is 0 Å². The number of nitrogens with zero attached hydrogens (tertiary/aromatic N) is 1. The van der Waals surface area contributed by atoms with Gasteiger partial charge in [0.05, 0.1) is 6.07 Å². The zero-order valence-electron chi connectivity index (χ0n) is 2.68. The summed E-state index contributed by atoms with van der Waals surface area (Å²) in [5, 5.41) is 7.51. The molecule has 0 saturated carbocycles. The van der Waals surface area contributed by atoms with Crippen LogP contribution in [-0.2, 0) is 0 Å². The van der Waals surface area contributed by atoms with Crippen LogP contribution in [0.1, 0.15) is 0 Å². The zero-order chi connectivity index (χ0) is 3.41. The minimum atomic E-state index is 0. The molecule has 25 valence electrons. The van der Waals surface area contributed by atoms with Gasteiger partial charge in [0.2, 0.25) is 0 Å². The zero-order valence-corrected chi connectivity index (χ0v) is 6.16. The minimum Gasteiger partial charge on any atom is -0.193 e. The molecule has 0 amide bonds. The van der Waals surface area contributed by atoms with Gasteiger partial charge in [0.25, 0.3) is 0 Å². The van der Waals surface area contributed by atoms with Crippen molar-refractivity contribution in [2.45, 2.75) is 0 Å². The number of hydrogen-bond acceptors (Lipinski definition) is 1. The van der Waals surface area contributed by atoms with Gasteiger partial charge in [-0.3, -0.25) is 0 Å². The van der Waals surface area contributed by atoms with Crippen molar-refractivity contribution in [2.24, 2.45) is 0 Å². The minimum absolute atomic E-state index is 0. The Hall–Kier alpha value is 0.113. The van der Waals surface area contributed by atoms with E-state index in [0.29, 0.717) is 0 Å². The first-order chi connectivity index (χ1) is 1.91. The van der Waals surface area contributed by atoms with Crippen molar-refractivity contribution in [3.8, 4) is 6.07 Å². The molecule has 0 aromatic heterocycles. The summed E-state index contributed by atoms with van der Waals surface area (Å²) in [4.78, 5) is 0. The van der Waals surface area contributed by atoms with Crippen LogP contribution in [0.2, 0.25) is 0 Å². The first-order valence-corrected chi connectivity index (χ1v) is 0.921. The summed E-state index contributed by atoms with van der Waals surface area (Å²) >= 11 is 0. The van der Waals surface area contributed by atoms with Gasteiger partial charge < -0.3 is 0 Å². The summed E-state index contributed by atoms with van der Waals surface area (Å²) in [6.07, 6.45) is 1.18. The average Bonchev–Trinajstić information content (AvgIpc) is 1.37. The molecule has 0 rings (SSSR count). The van der Waals surface area contributed by atoms with E-state index in [9.17, 15) is 0 Å². The maximum Gasteiger partial charge on any atom is 0.0905 e. The summed E-state index contributed by atoms with van der Waals surface area (Å²) in [5.41, 5.74) is 0. The van der Waals surface area contributed by atoms with E-state index in [4.69, 9.17) is 5.26 Å². The monoisotopic (exact) mass is 262 g/mol. The van der Waals surface area contributed by atoms with Crippen LogP contribution in [0.3, 0.4) is 0 Å². The van der Waals surface area contributed by atoms with Crippen molar-refractivity contribution < 1.29 is 0 Å². The Morgan fingerprint density at radius 3 is 2.00 bits per heavy atom. The van der Waals surface area contributed by atoms with E-state index < -0.39 is 0 Å². The van der Waals surface area contributed by atoms with Crippen LogP contribution in [0.5, 0.6) is 0 Å². The van der Waals surface area contributed by atoms with Gasteiger partial charge in [0.15, 0.2) is 0 Å². The van der Waals surface area contributed by atoms with Gasteiger partial charge in [-0.25, -0.2) is 0 Å². The van der Waals surface area contributed by atoms with Crippen molar-refractivity contribution in [3.63, 3.8) is 0 Å². The van der Waals surface area contributed by atoms with E-state index >= 15 is 0 Å². The van der Waals surface area contributed by atoms with Gasteiger partial charge in [0.1, 0.15) is 0 Å². The third-order valence-electron chi connectivity index (χ3n) is 0.0913. The van der Waals surface area contributed by atoms with Gasteiger partial charge in [-0.1, -0.05) is 6.58 Å². The predicted octanol–water partition coefficient (Wildman–Crippen LogP) is 0.315. The number of hydrogen-bond donors (Lipinski definition) is 0. The molecule has 2 heteroatoms. The normalized spacial score (nSPS) is 3.00. The first-order valence-electron chi connectivity index (χ1n) is 0.921. The summed E-state index contributed by atoms with van der Waals surface area (Å²) in [6.45, 7) is 3.12. The standard InChI is InChI=1S/C3H3N.Bi/c1-2-3-4;/h2H,1H2;. The molecule has 0 heterocycles. The van der Waals surface area contributed by atoms with Gasteiger partial charge in [-0.15, -0.1) is 0 Å². The van der Waals surface area contributed by atoms with Crippen LogP contribution in [0, 0.1) is 11.3 Å². The molecule has 0 aromatic carbocycles. The Bertz CT molecular complexity index is 52.4. The fraction of sp³-hybridized carbons (Fsp3) is 0. The Kier molecular flexibility index (Phi) is 15.9. The van der Waals surface area contributed by atoms with Crippen LogP contribution in [0.25, 0.3) is 0 Å². The summed E-state index contributed by atoms with van der Waals surface area (Å²) in [6, 6.07) is 1.69. The second-order valence-corrected chi connectivity index (χ2v) is 0.333. The van der Waals surface area contributed by atoms with Crippen molar-refractivity contribution in [3.05, 3.63) is 12.7 Å². The van der Waals surface area contributed by atoms with Crippen molar-refractivity contribution in [1.29, 1.82) is 5.26 Å². The molecule has 0 aliphatic heterocycles.